The first-order valence-electron chi connectivity index (χ1n) is 10.5. The van der Waals surface area contributed by atoms with Gasteiger partial charge in [-0.25, -0.2) is 4.98 Å². The fourth-order valence-electron chi connectivity index (χ4n) is 3.55. The van der Waals surface area contributed by atoms with Gasteiger partial charge in [-0.2, -0.15) is 0 Å². The number of rotatable bonds is 6. The Kier molecular flexibility index (Phi) is 6.15. The average molecular weight is 496 g/mol. The van der Waals surface area contributed by atoms with Crippen LogP contribution in [-0.4, -0.2) is 21.5 Å². The molecular weight excluding hydrogens is 477 g/mol. The van der Waals surface area contributed by atoms with Gasteiger partial charge in [-0.05, 0) is 48.7 Å². The summed E-state index contributed by atoms with van der Waals surface area (Å²) in [5.74, 6) is -0.100. The molecule has 4 aromatic rings. The molecular formula is C25H19Cl2N3O2S. The summed E-state index contributed by atoms with van der Waals surface area (Å²) >= 11 is 13.6. The lowest BCUT2D eigenvalue weighted by Crippen LogP contribution is -2.30. The molecule has 1 saturated carbocycles. The standard InChI is InChI=1S/C25H19Cl2N3O2S/c26-19-13-12-17(14-20(19)27)30-24(32)18-8-4-5-9-21(18)29-25(30)33-22(15-6-2-1-3-7-15)23(31)28-16-10-11-16/h1-9,12-14,16,22H,10-11H2,(H,28,31)/t22-/m0/s1. The number of hydrogen-bond donors (Lipinski definition) is 1. The van der Waals surface area contributed by atoms with Crippen molar-refractivity contribution in [2.45, 2.75) is 29.3 Å². The number of nitrogens with zero attached hydrogens (tertiary/aromatic N) is 2. The first-order chi connectivity index (χ1) is 16.0. The van der Waals surface area contributed by atoms with Crippen LogP contribution in [0.1, 0.15) is 23.7 Å². The maximum Gasteiger partial charge on any atom is 0.266 e. The van der Waals surface area contributed by atoms with Crippen LogP contribution >= 0.6 is 35.0 Å². The second-order valence-corrected chi connectivity index (χ2v) is 9.73. The van der Waals surface area contributed by atoms with Gasteiger partial charge in [-0.15, -0.1) is 0 Å². The summed E-state index contributed by atoms with van der Waals surface area (Å²) in [5.41, 5.74) is 1.69. The lowest BCUT2D eigenvalue weighted by atomic mass is 10.1. The Hall–Kier alpha value is -2.80. The molecule has 3 aromatic carbocycles. The Morgan fingerprint density at radius 3 is 2.45 bits per heavy atom. The maximum absolute atomic E-state index is 13.6. The van der Waals surface area contributed by atoms with Crippen LogP contribution in [0.2, 0.25) is 10.0 Å². The van der Waals surface area contributed by atoms with E-state index in [1.54, 1.807) is 36.4 Å². The van der Waals surface area contributed by atoms with Crippen LogP contribution in [-0.2, 0) is 4.79 Å². The Balaban J connectivity index is 1.67. The molecule has 5 rings (SSSR count). The number of para-hydroxylation sites is 1. The third kappa shape index (κ3) is 4.64. The number of aromatic nitrogens is 2. The molecule has 0 bridgehead atoms. The summed E-state index contributed by atoms with van der Waals surface area (Å²) < 4.78 is 1.50. The van der Waals surface area contributed by atoms with E-state index >= 15 is 0 Å². The minimum atomic E-state index is -0.575. The lowest BCUT2D eigenvalue weighted by Gasteiger charge is -2.19. The fourth-order valence-corrected chi connectivity index (χ4v) is 4.97. The zero-order chi connectivity index (χ0) is 22.9. The number of nitrogens with one attached hydrogen (secondary N) is 1. The van der Waals surface area contributed by atoms with Gasteiger partial charge in [0, 0.05) is 6.04 Å². The molecule has 8 heteroatoms. The number of halogens is 2. The molecule has 1 aliphatic rings. The monoisotopic (exact) mass is 495 g/mol. The molecule has 33 heavy (non-hydrogen) atoms. The predicted octanol–water partition coefficient (Wildman–Crippen LogP) is 5.80. The Labute approximate surface area is 204 Å². The number of carbonyl (C=O) groups excluding carboxylic acids is 1. The van der Waals surface area contributed by atoms with Crippen LogP contribution in [0.4, 0.5) is 0 Å². The quantitative estimate of drug-likeness (QED) is 0.271. The summed E-state index contributed by atoms with van der Waals surface area (Å²) in [6.45, 7) is 0. The number of benzene rings is 3. The highest BCUT2D eigenvalue weighted by Crippen LogP contribution is 2.37. The van der Waals surface area contributed by atoms with Crippen molar-refractivity contribution >= 4 is 51.8 Å². The maximum atomic E-state index is 13.6. The van der Waals surface area contributed by atoms with Gasteiger partial charge in [0.2, 0.25) is 5.91 Å². The first-order valence-corrected chi connectivity index (χ1v) is 12.1. The molecule has 0 aliphatic heterocycles. The molecule has 166 valence electrons. The highest BCUT2D eigenvalue weighted by molar-refractivity contribution is 8.00. The number of thioether (sulfide) groups is 1. The van der Waals surface area contributed by atoms with Crippen molar-refractivity contribution in [1.82, 2.24) is 14.9 Å². The minimum Gasteiger partial charge on any atom is -0.352 e. The van der Waals surface area contributed by atoms with E-state index in [1.165, 1.54) is 16.3 Å². The normalized spacial score (nSPS) is 14.2. The zero-order valence-electron chi connectivity index (χ0n) is 17.4. The molecule has 0 saturated heterocycles. The third-order valence-electron chi connectivity index (χ3n) is 5.39. The Morgan fingerprint density at radius 2 is 1.73 bits per heavy atom. The van der Waals surface area contributed by atoms with Crippen LogP contribution in [0, 0.1) is 0 Å². The van der Waals surface area contributed by atoms with Crippen molar-refractivity contribution in [3.8, 4) is 5.69 Å². The van der Waals surface area contributed by atoms with E-state index in [0.29, 0.717) is 31.8 Å². The van der Waals surface area contributed by atoms with Gasteiger partial charge in [0.1, 0.15) is 5.25 Å². The summed E-state index contributed by atoms with van der Waals surface area (Å²) in [6.07, 6.45) is 1.97. The molecule has 1 heterocycles. The van der Waals surface area contributed by atoms with Crippen molar-refractivity contribution in [3.63, 3.8) is 0 Å². The molecule has 5 nitrogen and oxygen atoms in total. The predicted molar refractivity (Wildman–Crippen MR) is 134 cm³/mol. The topological polar surface area (TPSA) is 64.0 Å². The molecule has 0 radical (unpaired) electrons. The molecule has 1 atom stereocenters. The Morgan fingerprint density at radius 1 is 1.00 bits per heavy atom. The number of amides is 1. The molecule has 1 aliphatic carbocycles. The van der Waals surface area contributed by atoms with Gasteiger partial charge >= 0.3 is 0 Å². The minimum absolute atomic E-state index is 0.100. The number of fused-ring (bicyclic) bond motifs is 1. The van der Waals surface area contributed by atoms with Gasteiger partial charge in [0.25, 0.3) is 5.56 Å². The van der Waals surface area contributed by atoms with E-state index in [4.69, 9.17) is 28.2 Å². The largest absolute Gasteiger partial charge is 0.352 e. The van der Waals surface area contributed by atoms with Gasteiger partial charge < -0.3 is 5.32 Å². The van der Waals surface area contributed by atoms with Crippen LogP contribution in [0.15, 0.2) is 82.7 Å². The second kappa shape index (κ2) is 9.21. The van der Waals surface area contributed by atoms with Crippen LogP contribution in [0.25, 0.3) is 16.6 Å². The number of carbonyl (C=O) groups is 1. The van der Waals surface area contributed by atoms with Crippen molar-refractivity contribution < 1.29 is 4.79 Å². The smallest absolute Gasteiger partial charge is 0.266 e. The van der Waals surface area contributed by atoms with E-state index in [9.17, 15) is 9.59 Å². The van der Waals surface area contributed by atoms with Crippen molar-refractivity contribution in [1.29, 1.82) is 0 Å². The van der Waals surface area contributed by atoms with Crippen molar-refractivity contribution in [2.24, 2.45) is 0 Å². The molecule has 1 aromatic heterocycles. The van der Waals surface area contributed by atoms with Crippen LogP contribution < -0.4 is 10.9 Å². The molecule has 0 spiro atoms. The summed E-state index contributed by atoms with van der Waals surface area (Å²) in [7, 11) is 0. The van der Waals surface area contributed by atoms with E-state index in [0.717, 1.165) is 18.4 Å². The van der Waals surface area contributed by atoms with Crippen LogP contribution in [0.5, 0.6) is 0 Å². The molecule has 1 amide bonds. The second-order valence-electron chi connectivity index (χ2n) is 7.84. The molecule has 1 fully saturated rings. The fraction of sp³-hybridized carbons (Fsp3) is 0.160. The summed E-state index contributed by atoms with van der Waals surface area (Å²) in [4.78, 5) is 31.5. The van der Waals surface area contributed by atoms with Crippen molar-refractivity contribution in [2.75, 3.05) is 0 Å². The van der Waals surface area contributed by atoms with E-state index in [-0.39, 0.29) is 17.5 Å². The highest BCUT2D eigenvalue weighted by Gasteiger charge is 2.30. The SMILES string of the molecule is O=C(NC1CC1)[C@@H](Sc1nc2ccccc2c(=O)n1-c1ccc(Cl)c(Cl)c1)c1ccccc1. The van der Waals surface area contributed by atoms with Crippen molar-refractivity contribution in [3.05, 3.63) is 98.8 Å². The van der Waals surface area contributed by atoms with Gasteiger partial charge in [-0.3, -0.25) is 14.2 Å². The third-order valence-corrected chi connectivity index (χ3v) is 7.34. The van der Waals surface area contributed by atoms with Gasteiger partial charge in [0.15, 0.2) is 5.16 Å². The summed E-state index contributed by atoms with van der Waals surface area (Å²) in [6, 6.07) is 21.9. The summed E-state index contributed by atoms with van der Waals surface area (Å²) in [5, 5.41) is 4.11. The zero-order valence-corrected chi connectivity index (χ0v) is 19.7. The number of hydrogen-bond acceptors (Lipinski definition) is 4. The van der Waals surface area contributed by atoms with Gasteiger partial charge in [0.05, 0.1) is 26.6 Å². The molecule has 0 unspecified atom stereocenters. The van der Waals surface area contributed by atoms with Gasteiger partial charge in [-0.1, -0.05) is 77.4 Å². The van der Waals surface area contributed by atoms with Crippen LogP contribution in [0.3, 0.4) is 0 Å². The Bertz CT molecular complexity index is 1400. The lowest BCUT2D eigenvalue weighted by molar-refractivity contribution is -0.120. The van der Waals surface area contributed by atoms with E-state index in [2.05, 4.69) is 5.32 Å². The first kappa shape index (κ1) is 22.0. The van der Waals surface area contributed by atoms with E-state index < -0.39 is 5.25 Å². The molecule has 1 N–H and O–H groups in total. The average Bonchev–Trinajstić information content (AvgIpc) is 3.64. The van der Waals surface area contributed by atoms with E-state index in [1.807, 2.05) is 36.4 Å². The highest BCUT2D eigenvalue weighted by atomic mass is 35.5.